The molecule has 1 atom stereocenters. The smallest absolute Gasteiger partial charge is 0.137 e. The second-order valence-electron chi connectivity index (χ2n) is 11.8. The molecule has 3 heterocycles. The van der Waals surface area contributed by atoms with E-state index in [4.69, 9.17) is 9.41 Å². The van der Waals surface area contributed by atoms with E-state index in [9.17, 15) is 0 Å². The van der Waals surface area contributed by atoms with Crippen LogP contribution in [0.25, 0.3) is 65.4 Å². The lowest BCUT2D eigenvalue weighted by molar-refractivity contribution is 0.668. The van der Waals surface area contributed by atoms with Crippen LogP contribution in [0.2, 0.25) is 0 Å². The highest BCUT2D eigenvalue weighted by Gasteiger charge is 2.37. The van der Waals surface area contributed by atoms with Crippen LogP contribution in [0, 0.1) is 0 Å². The number of benzene rings is 6. The molecule has 7 aromatic rings. The molecule has 0 saturated carbocycles. The second-order valence-corrected chi connectivity index (χ2v) is 11.8. The summed E-state index contributed by atoms with van der Waals surface area (Å²) in [6.07, 6.45) is 11.9. The highest BCUT2D eigenvalue weighted by Crippen LogP contribution is 2.46. The maximum absolute atomic E-state index is 6.60. The highest BCUT2D eigenvalue weighted by atomic mass is 16.3. The first-order chi connectivity index (χ1) is 20.8. The zero-order valence-corrected chi connectivity index (χ0v) is 23.0. The predicted octanol–water partition coefficient (Wildman–Crippen LogP) is 10.3. The summed E-state index contributed by atoms with van der Waals surface area (Å²) in [6, 6.07) is 33.8. The Hall–Kier alpha value is -5.15. The molecule has 0 saturated heterocycles. The molecule has 3 heteroatoms. The summed E-state index contributed by atoms with van der Waals surface area (Å²) < 4.78 is 6.60. The van der Waals surface area contributed by atoms with Crippen LogP contribution in [0.5, 0.6) is 0 Å². The van der Waals surface area contributed by atoms with E-state index in [0.717, 1.165) is 52.7 Å². The Kier molecular flexibility index (Phi) is 4.40. The molecule has 6 aromatic carbocycles. The van der Waals surface area contributed by atoms with Crippen LogP contribution in [0.4, 0.5) is 5.69 Å². The lowest BCUT2D eigenvalue weighted by atomic mass is 9.90. The molecule has 2 aliphatic heterocycles. The molecular weight excluding hydrogens is 512 g/mol. The number of nitrogens with zero attached hydrogens (tertiary/aromatic N) is 2. The quantitative estimate of drug-likeness (QED) is 0.205. The minimum absolute atomic E-state index is 0.304. The van der Waals surface area contributed by atoms with E-state index in [2.05, 4.69) is 120 Å². The fraction of sp³-hybridized carbons (Fsp3) is 0.103. The van der Waals surface area contributed by atoms with Crippen LogP contribution in [0.3, 0.4) is 0 Å². The molecule has 0 radical (unpaired) electrons. The minimum Gasteiger partial charge on any atom is -0.456 e. The van der Waals surface area contributed by atoms with E-state index in [-0.39, 0.29) is 0 Å². The largest absolute Gasteiger partial charge is 0.456 e. The molecule has 1 aromatic heterocycles. The first-order valence-electron chi connectivity index (χ1n) is 14.9. The summed E-state index contributed by atoms with van der Waals surface area (Å²) >= 11 is 0. The molecule has 1 aliphatic carbocycles. The number of fused-ring (bicyclic) bond motifs is 5. The van der Waals surface area contributed by atoms with Crippen molar-refractivity contribution >= 4 is 66.2 Å². The molecule has 0 spiro atoms. The van der Waals surface area contributed by atoms with Crippen molar-refractivity contribution in [1.82, 2.24) is 0 Å². The summed E-state index contributed by atoms with van der Waals surface area (Å²) in [6.45, 7) is 0. The Morgan fingerprint density at radius 2 is 1.50 bits per heavy atom. The molecule has 10 rings (SSSR count). The summed E-state index contributed by atoms with van der Waals surface area (Å²) in [4.78, 5) is 7.30. The van der Waals surface area contributed by atoms with Gasteiger partial charge < -0.3 is 9.32 Å². The number of hydrogen-bond donors (Lipinski definition) is 0. The Balaban J connectivity index is 1.12. The minimum atomic E-state index is 0.304. The van der Waals surface area contributed by atoms with E-state index in [0.29, 0.717) is 6.04 Å². The lowest BCUT2D eigenvalue weighted by Crippen LogP contribution is -2.30. The van der Waals surface area contributed by atoms with Crippen molar-refractivity contribution in [1.29, 1.82) is 0 Å². The Bertz CT molecular complexity index is 2380. The zero-order valence-electron chi connectivity index (χ0n) is 23.0. The highest BCUT2D eigenvalue weighted by molar-refractivity contribution is 6.25. The van der Waals surface area contributed by atoms with Crippen LogP contribution < -0.4 is 4.90 Å². The van der Waals surface area contributed by atoms with Crippen molar-refractivity contribution in [2.24, 2.45) is 4.99 Å². The molecule has 0 bridgehead atoms. The van der Waals surface area contributed by atoms with Crippen molar-refractivity contribution in [2.75, 3.05) is 4.90 Å². The third-order valence-corrected chi connectivity index (χ3v) is 9.60. The van der Waals surface area contributed by atoms with Gasteiger partial charge in [-0.2, -0.15) is 0 Å². The second kappa shape index (κ2) is 8.20. The maximum atomic E-state index is 6.60. The number of aliphatic imine (C=N–C) groups is 1. The van der Waals surface area contributed by atoms with Crippen LogP contribution in [-0.4, -0.2) is 12.3 Å². The van der Waals surface area contributed by atoms with Crippen LogP contribution in [-0.2, 0) is 0 Å². The van der Waals surface area contributed by atoms with Gasteiger partial charge in [0.1, 0.15) is 17.0 Å². The van der Waals surface area contributed by atoms with Gasteiger partial charge in [0.15, 0.2) is 0 Å². The van der Waals surface area contributed by atoms with Gasteiger partial charge in [0, 0.05) is 34.3 Å². The average Bonchev–Trinajstić information content (AvgIpc) is 3.58. The monoisotopic (exact) mass is 538 g/mol. The van der Waals surface area contributed by atoms with E-state index < -0.39 is 0 Å². The summed E-state index contributed by atoms with van der Waals surface area (Å²) in [7, 11) is 0. The van der Waals surface area contributed by atoms with Crippen molar-refractivity contribution in [3.63, 3.8) is 0 Å². The fourth-order valence-corrected chi connectivity index (χ4v) is 7.71. The van der Waals surface area contributed by atoms with Crippen LogP contribution in [0.1, 0.15) is 19.3 Å². The molecule has 3 aliphatic rings. The van der Waals surface area contributed by atoms with Crippen molar-refractivity contribution < 1.29 is 4.42 Å². The van der Waals surface area contributed by atoms with Crippen LogP contribution >= 0.6 is 0 Å². The van der Waals surface area contributed by atoms with Gasteiger partial charge in [-0.05, 0) is 92.5 Å². The van der Waals surface area contributed by atoms with Gasteiger partial charge in [0.2, 0.25) is 0 Å². The summed E-state index contributed by atoms with van der Waals surface area (Å²) in [5.74, 6) is 1.10. The van der Waals surface area contributed by atoms with E-state index >= 15 is 0 Å². The van der Waals surface area contributed by atoms with Gasteiger partial charge in [0.25, 0.3) is 0 Å². The van der Waals surface area contributed by atoms with E-state index in [1.54, 1.807) is 0 Å². The van der Waals surface area contributed by atoms with Crippen LogP contribution in [0.15, 0.2) is 136 Å². The third-order valence-electron chi connectivity index (χ3n) is 9.60. The first kappa shape index (κ1) is 22.5. The van der Waals surface area contributed by atoms with Gasteiger partial charge in [-0.15, -0.1) is 0 Å². The first-order valence-corrected chi connectivity index (χ1v) is 14.9. The molecule has 1 unspecified atom stereocenters. The van der Waals surface area contributed by atoms with Crippen molar-refractivity contribution in [3.05, 3.63) is 126 Å². The summed E-state index contributed by atoms with van der Waals surface area (Å²) in [5.41, 5.74) is 8.21. The van der Waals surface area contributed by atoms with Crippen molar-refractivity contribution in [3.8, 4) is 11.1 Å². The lowest BCUT2D eigenvalue weighted by Gasteiger charge is -2.29. The Morgan fingerprint density at radius 3 is 2.40 bits per heavy atom. The Morgan fingerprint density at radius 1 is 0.738 bits per heavy atom. The molecule has 3 nitrogen and oxygen atoms in total. The van der Waals surface area contributed by atoms with Gasteiger partial charge in [-0.1, -0.05) is 78.9 Å². The van der Waals surface area contributed by atoms with Crippen molar-refractivity contribution in [2.45, 2.75) is 25.3 Å². The topological polar surface area (TPSA) is 28.7 Å². The maximum Gasteiger partial charge on any atom is 0.137 e. The number of anilines is 1. The van der Waals surface area contributed by atoms with Gasteiger partial charge in [-0.25, -0.2) is 4.99 Å². The third kappa shape index (κ3) is 2.98. The number of allylic oxidation sites excluding steroid dienone is 2. The molecule has 198 valence electrons. The number of furan rings is 1. The Labute approximate surface area is 242 Å². The zero-order chi connectivity index (χ0) is 27.4. The van der Waals surface area contributed by atoms with Gasteiger partial charge in [-0.3, -0.25) is 0 Å². The molecule has 0 amide bonds. The van der Waals surface area contributed by atoms with Gasteiger partial charge >= 0.3 is 0 Å². The number of hydrogen-bond acceptors (Lipinski definition) is 3. The normalized spacial score (nSPS) is 18.2. The molecule has 42 heavy (non-hydrogen) atoms. The average molecular weight is 539 g/mol. The predicted molar refractivity (Wildman–Crippen MR) is 176 cm³/mol. The summed E-state index contributed by atoms with van der Waals surface area (Å²) in [5, 5.41) is 10.1. The van der Waals surface area contributed by atoms with E-state index in [1.807, 2.05) is 0 Å². The molecule has 0 fully saturated rings. The SMILES string of the molecule is C1=CCC2C(=C1)C1=C(N=CCC1)N2c1ccc2c(c1)oc1cc(-c3ccc4ccc5cccc6ccc3c4c56)ccc12. The standard InChI is InChI=1S/C39H26N2O/c1-2-9-34-29(7-1)33-8-4-20-40-39(33)41(34)27-15-19-31-30-17-14-26(21-35(30)42-36(31)22-27)28-16-12-25-11-10-23-5-3-6-24-13-18-32(28)38(25)37(23)24/h1-3,5-7,10-22,34H,4,8-9H2. The fourth-order valence-electron chi connectivity index (χ4n) is 7.71. The number of rotatable bonds is 2. The van der Waals surface area contributed by atoms with Gasteiger partial charge in [0.05, 0.1) is 6.04 Å². The molecule has 0 N–H and O–H groups in total. The molecular formula is C39H26N2O. The van der Waals surface area contributed by atoms with E-state index in [1.165, 1.54) is 54.6 Å².